The molecule has 2 rings (SSSR count). The van der Waals surface area contributed by atoms with Gasteiger partial charge in [-0.15, -0.1) is 0 Å². The van der Waals surface area contributed by atoms with Crippen LogP contribution in [0.4, 0.5) is 5.69 Å². The molecule has 0 heterocycles. The van der Waals surface area contributed by atoms with Crippen molar-refractivity contribution in [3.8, 4) is 5.75 Å². The van der Waals surface area contributed by atoms with E-state index in [4.69, 9.17) is 21.2 Å². The molecule has 2 aromatic rings. The maximum Gasteiger partial charge on any atom is 0.264 e. The number of rotatable bonds is 6. The van der Waals surface area contributed by atoms with Crippen LogP contribution in [0.3, 0.4) is 0 Å². The highest BCUT2D eigenvalue weighted by atomic mass is 35.5. The molecule has 1 N–H and O–H groups in total. The van der Waals surface area contributed by atoms with Gasteiger partial charge in [0.25, 0.3) is 15.9 Å². The van der Waals surface area contributed by atoms with Crippen LogP contribution in [-0.2, 0) is 14.9 Å². The Hall–Kier alpha value is -2.13. The molecule has 25 heavy (non-hydrogen) atoms. The van der Waals surface area contributed by atoms with Gasteiger partial charge in [0, 0.05) is 18.3 Å². The van der Waals surface area contributed by atoms with E-state index in [1.54, 1.807) is 18.2 Å². The Kier molecular flexibility index (Phi) is 6.02. The second-order valence-corrected chi connectivity index (χ2v) is 7.27. The normalized spacial score (nSPS) is 11.4. The quantitative estimate of drug-likeness (QED) is 0.774. The van der Waals surface area contributed by atoms with Crippen molar-refractivity contribution >= 4 is 33.2 Å². The van der Waals surface area contributed by atoms with Gasteiger partial charge in [0.15, 0.2) is 0 Å². The Morgan fingerprint density at radius 3 is 2.28 bits per heavy atom. The zero-order valence-corrected chi connectivity index (χ0v) is 15.4. The SMILES string of the molecule is COc1ccc(NC(=O)c2ccc(S(=O)(=O)N(C)OC)cc2)cc1Cl. The first-order valence-corrected chi connectivity index (χ1v) is 8.89. The molecule has 0 atom stereocenters. The largest absolute Gasteiger partial charge is 0.495 e. The van der Waals surface area contributed by atoms with Crippen LogP contribution in [0.1, 0.15) is 10.4 Å². The lowest BCUT2D eigenvalue weighted by Crippen LogP contribution is -2.25. The van der Waals surface area contributed by atoms with E-state index < -0.39 is 15.9 Å². The van der Waals surface area contributed by atoms with E-state index in [9.17, 15) is 13.2 Å². The summed E-state index contributed by atoms with van der Waals surface area (Å²) in [5.41, 5.74) is 0.789. The number of halogens is 1. The third kappa shape index (κ3) is 4.29. The smallest absolute Gasteiger partial charge is 0.264 e. The van der Waals surface area contributed by atoms with E-state index in [1.807, 2.05) is 0 Å². The number of ether oxygens (including phenoxy) is 1. The average molecular weight is 385 g/mol. The molecule has 9 heteroatoms. The number of carbonyl (C=O) groups excluding carboxylic acids is 1. The summed E-state index contributed by atoms with van der Waals surface area (Å²) in [5.74, 6) is 0.0989. The van der Waals surface area contributed by atoms with Crippen molar-refractivity contribution in [3.05, 3.63) is 53.1 Å². The number of nitrogens with one attached hydrogen (secondary N) is 1. The number of amides is 1. The second kappa shape index (κ2) is 7.83. The molecule has 0 spiro atoms. The first-order chi connectivity index (χ1) is 11.8. The number of hydrogen-bond acceptors (Lipinski definition) is 5. The summed E-state index contributed by atoms with van der Waals surface area (Å²) >= 11 is 6.01. The molecule has 0 unspecified atom stereocenters. The number of methoxy groups -OCH3 is 1. The molecule has 0 saturated carbocycles. The molecule has 0 bridgehead atoms. The zero-order valence-electron chi connectivity index (χ0n) is 13.8. The van der Waals surface area contributed by atoms with Gasteiger partial charge in [0.2, 0.25) is 0 Å². The van der Waals surface area contributed by atoms with E-state index in [0.717, 1.165) is 4.47 Å². The van der Waals surface area contributed by atoms with E-state index in [0.29, 0.717) is 22.0 Å². The monoisotopic (exact) mass is 384 g/mol. The molecular weight excluding hydrogens is 368 g/mol. The Morgan fingerprint density at radius 2 is 1.76 bits per heavy atom. The summed E-state index contributed by atoms with van der Waals surface area (Å²) in [7, 11) is 0.271. The lowest BCUT2D eigenvalue weighted by Gasteiger charge is -2.14. The molecule has 134 valence electrons. The molecule has 0 aliphatic rings. The van der Waals surface area contributed by atoms with Crippen LogP contribution in [0.15, 0.2) is 47.4 Å². The number of sulfonamides is 1. The fourth-order valence-electron chi connectivity index (χ4n) is 1.97. The molecule has 0 aromatic heterocycles. The molecule has 0 aliphatic carbocycles. The predicted molar refractivity (Wildman–Crippen MR) is 94.4 cm³/mol. The van der Waals surface area contributed by atoms with E-state index in [1.165, 1.54) is 45.5 Å². The van der Waals surface area contributed by atoms with Crippen LogP contribution >= 0.6 is 11.6 Å². The van der Waals surface area contributed by atoms with Gasteiger partial charge in [0.1, 0.15) is 5.75 Å². The molecule has 1 amide bonds. The van der Waals surface area contributed by atoms with Gasteiger partial charge >= 0.3 is 0 Å². The number of anilines is 1. The summed E-state index contributed by atoms with van der Waals surface area (Å²) in [6.07, 6.45) is 0. The van der Waals surface area contributed by atoms with E-state index >= 15 is 0 Å². The van der Waals surface area contributed by atoms with Crippen molar-refractivity contribution in [2.24, 2.45) is 0 Å². The second-order valence-electron chi connectivity index (χ2n) is 4.93. The van der Waals surface area contributed by atoms with Crippen LogP contribution < -0.4 is 10.1 Å². The highest BCUT2D eigenvalue weighted by Crippen LogP contribution is 2.27. The Labute approximate surface area is 151 Å². The summed E-state index contributed by atoms with van der Waals surface area (Å²) in [5, 5.41) is 3.04. The minimum Gasteiger partial charge on any atom is -0.495 e. The molecule has 0 aliphatic heterocycles. The van der Waals surface area contributed by atoms with Gasteiger partial charge in [-0.25, -0.2) is 8.42 Å². The van der Waals surface area contributed by atoms with Crippen molar-refractivity contribution in [2.75, 3.05) is 26.6 Å². The van der Waals surface area contributed by atoms with Gasteiger partial charge in [-0.1, -0.05) is 16.1 Å². The van der Waals surface area contributed by atoms with Gasteiger partial charge in [0.05, 0.1) is 24.1 Å². The molecule has 0 saturated heterocycles. The zero-order chi connectivity index (χ0) is 18.6. The number of nitrogens with zero attached hydrogens (tertiary/aromatic N) is 1. The van der Waals surface area contributed by atoms with Crippen molar-refractivity contribution in [1.82, 2.24) is 4.47 Å². The highest BCUT2D eigenvalue weighted by molar-refractivity contribution is 7.89. The van der Waals surface area contributed by atoms with Gasteiger partial charge in [-0.2, -0.15) is 0 Å². The summed E-state index contributed by atoms with van der Waals surface area (Å²) in [4.78, 5) is 17.0. The molecular formula is C16H17ClN2O5S. The van der Waals surface area contributed by atoms with Gasteiger partial charge in [-0.3, -0.25) is 9.63 Å². The van der Waals surface area contributed by atoms with Crippen LogP contribution in [-0.4, -0.2) is 40.1 Å². The van der Waals surface area contributed by atoms with Crippen LogP contribution in [0.2, 0.25) is 5.02 Å². The Balaban J connectivity index is 2.17. The van der Waals surface area contributed by atoms with Crippen LogP contribution in [0.5, 0.6) is 5.75 Å². The van der Waals surface area contributed by atoms with E-state index in [2.05, 4.69) is 5.32 Å². The minimum absolute atomic E-state index is 0.0147. The van der Waals surface area contributed by atoms with Crippen LogP contribution in [0, 0.1) is 0 Å². The maximum atomic E-state index is 12.3. The predicted octanol–water partition coefficient (Wildman–Crippen LogP) is 2.78. The third-order valence-corrected chi connectivity index (χ3v) is 5.41. The fraction of sp³-hybridized carbons (Fsp3) is 0.188. The topological polar surface area (TPSA) is 84.9 Å². The van der Waals surface area contributed by atoms with Crippen molar-refractivity contribution < 1.29 is 22.8 Å². The summed E-state index contributed by atoms with van der Waals surface area (Å²) in [6, 6.07) is 10.3. The molecule has 2 aromatic carbocycles. The Bertz CT molecular complexity index is 869. The number of hydrogen-bond donors (Lipinski definition) is 1. The minimum atomic E-state index is -3.76. The lowest BCUT2D eigenvalue weighted by atomic mass is 10.2. The molecule has 7 nitrogen and oxygen atoms in total. The van der Waals surface area contributed by atoms with Crippen molar-refractivity contribution in [1.29, 1.82) is 0 Å². The first kappa shape index (κ1) is 19.2. The van der Waals surface area contributed by atoms with Gasteiger partial charge in [-0.05, 0) is 42.5 Å². The first-order valence-electron chi connectivity index (χ1n) is 7.07. The fourth-order valence-corrected chi connectivity index (χ4v) is 3.20. The number of carbonyl (C=O) groups is 1. The Morgan fingerprint density at radius 1 is 1.12 bits per heavy atom. The van der Waals surface area contributed by atoms with Gasteiger partial charge < -0.3 is 10.1 Å². The molecule has 0 radical (unpaired) electrons. The summed E-state index contributed by atoms with van der Waals surface area (Å²) < 4.78 is 30.0. The highest BCUT2D eigenvalue weighted by Gasteiger charge is 2.21. The standard InChI is InChI=1S/C16H17ClN2O5S/c1-19(24-3)25(21,22)13-7-4-11(5-8-13)16(20)18-12-6-9-15(23-2)14(17)10-12/h4-10H,1-3H3,(H,18,20). The van der Waals surface area contributed by atoms with Crippen molar-refractivity contribution in [3.63, 3.8) is 0 Å². The lowest BCUT2D eigenvalue weighted by molar-refractivity contribution is -0.0258. The van der Waals surface area contributed by atoms with E-state index in [-0.39, 0.29) is 4.90 Å². The summed E-state index contributed by atoms with van der Waals surface area (Å²) in [6.45, 7) is 0. The number of benzene rings is 2. The maximum absolute atomic E-state index is 12.3. The number of hydroxylamine groups is 1. The van der Waals surface area contributed by atoms with Crippen molar-refractivity contribution in [2.45, 2.75) is 4.90 Å². The third-order valence-electron chi connectivity index (χ3n) is 3.42. The molecule has 0 fully saturated rings. The van der Waals surface area contributed by atoms with Crippen LogP contribution in [0.25, 0.3) is 0 Å². The average Bonchev–Trinajstić information content (AvgIpc) is 2.61.